The average Bonchev–Trinajstić information content (AvgIpc) is 2.90. The van der Waals surface area contributed by atoms with Gasteiger partial charge in [-0.2, -0.15) is 0 Å². The van der Waals surface area contributed by atoms with E-state index in [2.05, 4.69) is 10.5 Å². The summed E-state index contributed by atoms with van der Waals surface area (Å²) in [6.45, 7) is 1.19. The maximum absolute atomic E-state index is 12.4. The van der Waals surface area contributed by atoms with Crippen molar-refractivity contribution in [3.63, 3.8) is 0 Å². The summed E-state index contributed by atoms with van der Waals surface area (Å²) in [7, 11) is 0. The van der Waals surface area contributed by atoms with E-state index in [0.29, 0.717) is 18.8 Å². The van der Waals surface area contributed by atoms with E-state index in [1.54, 1.807) is 6.07 Å². The SMILES string of the molecule is O=C1CN(C(=O)c2cc(-c3ccccc3)on2)CCCN1. The number of amides is 2. The van der Waals surface area contributed by atoms with Crippen molar-refractivity contribution in [3.8, 4) is 11.3 Å². The number of nitrogens with one attached hydrogen (secondary N) is 1. The lowest BCUT2D eigenvalue weighted by molar-refractivity contribution is -0.121. The van der Waals surface area contributed by atoms with Gasteiger partial charge in [-0.05, 0) is 6.42 Å². The monoisotopic (exact) mass is 285 g/mol. The lowest BCUT2D eigenvalue weighted by Crippen LogP contribution is -2.37. The molecule has 1 aromatic carbocycles. The molecule has 21 heavy (non-hydrogen) atoms. The molecule has 2 aromatic rings. The van der Waals surface area contributed by atoms with Crippen LogP contribution in [0.15, 0.2) is 40.9 Å². The van der Waals surface area contributed by atoms with E-state index in [-0.39, 0.29) is 24.1 Å². The minimum atomic E-state index is -0.280. The van der Waals surface area contributed by atoms with Gasteiger partial charge in [-0.3, -0.25) is 9.59 Å². The fourth-order valence-electron chi connectivity index (χ4n) is 2.26. The van der Waals surface area contributed by atoms with Gasteiger partial charge in [0.1, 0.15) is 0 Å². The van der Waals surface area contributed by atoms with Crippen LogP contribution in [0.1, 0.15) is 16.9 Å². The number of hydrogen-bond acceptors (Lipinski definition) is 4. The molecular formula is C15H15N3O3. The fraction of sp³-hybridized carbons (Fsp3) is 0.267. The first-order valence-electron chi connectivity index (χ1n) is 6.82. The van der Waals surface area contributed by atoms with Crippen LogP contribution in [0, 0.1) is 0 Å². The molecule has 3 rings (SSSR count). The first kappa shape index (κ1) is 13.4. The third kappa shape index (κ3) is 2.94. The number of rotatable bonds is 2. The largest absolute Gasteiger partial charge is 0.355 e. The Labute approximate surface area is 121 Å². The second kappa shape index (κ2) is 5.78. The van der Waals surface area contributed by atoms with Crippen molar-refractivity contribution in [2.24, 2.45) is 0 Å². The molecule has 1 saturated heterocycles. The maximum Gasteiger partial charge on any atom is 0.276 e. The van der Waals surface area contributed by atoms with E-state index in [0.717, 1.165) is 12.0 Å². The highest BCUT2D eigenvalue weighted by molar-refractivity contribution is 5.95. The molecule has 6 nitrogen and oxygen atoms in total. The first-order chi connectivity index (χ1) is 10.2. The lowest BCUT2D eigenvalue weighted by Gasteiger charge is -2.16. The fourth-order valence-corrected chi connectivity index (χ4v) is 2.26. The highest BCUT2D eigenvalue weighted by Crippen LogP contribution is 2.20. The van der Waals surface area contributed by atoms with Crippen LogP contribution in [0.2, 0.25) is 0 Å². The molecule has 0 spiro atoms. The third-order valence-electron chi connectivity index (χ3n) is 3.34. The van der Waals surface area contributed by atoms with E-state index >= 15 is 0 Å². The van der Waals surface area contributed by atoms with E-state index < -0.39 is 0 Å². The van der Waals surface area contributed by atoms with Crippen LogP contribution in [0.3, 0.4) is 0 Å². The quantitative estimate of drug-likeness (QED) is 0.902. The zero-order chi connectivity index (χ0) is 14.7. The predicted molar refractivity (Wildman–Crippen MR) is 75.5 cm³/mol. The molecule has 0 aliphatic carbocycles. The van der Waals surface area contributed by atoms with Crippen molar-refractivity contribution in [1.29, 1.82) is 0 Å². The van der Waals surface area contributed by atoms with E-state index in [9.17, 15) is 9.59 Å². The van der Waals surface area contributed by atoms with Gasteiger partial charge in [-0.1, -0.05) is 35.5 Å². The van der Waals surface area contributed by atoms with Gasteiger partial charge in [0.25, 0.3) is 5.91 Å². The molecule has 1 aromatic heterocycles. The highest BCUT2D eigenvalue weighted by Gasteiger charge is 2.23. The Morgan fingerprint density at radius 3 is 2.90 bits per heavy atom. The maximum atomic E-state index is 12.4. The zero-order valence-corrected chi connectivity index (χ0v) is 11.4. The lowest BCUT2D eigenvalue weighted by atomic mass is 10.1. The van der Waals surface area contributed by atoms with Crippen LogP contribution in [0.4, 0.5) is 0 Å². The summed E-state index contributed by atoms with van der Waals surface area (Å²) in [4.78, 5) is 25.4. The second-order valence-corrected chi connectivity index (χ2v) is 4.87. The normalized spacial score (nSPS) is 15.4. The van der Waals surface area contributed by atoms with Crippen LogP contribution < -0.4 is 5.32 Å². The molecule has 1 fully saturated rings. The van der Waals surface area contributed by atoms with Crippen molar-refractivity contribution in [3.05, 3.63) is 42.1 Å². The van der Waals surface area contributed by atoms with Crippen molar-refractivity contribution in [1.82, 2.24) is 15.4 Å². The number of aromatic nitrogens is 1. The van der Waals surface area contributed by atoms with Gasteiger partial charge in [0.2, 0.25) is 5.91 Å². The van der Waals surface area contributed by atoms with Gasteiger partial charge in [-0.25, -0.2) is 0 Å². The van der Waals surface area contributed by atoms with E-state index in [1.165, 1.54) is 4.90 Å². The predicted octanol–water partition coefficient (Wildman–Crippen LogP) is 1.30. The molecule has 0 radical (unpaired) electrons. The third-order valence-corrected chi connectivity index (χ3v) is 3.34. The van der Waals surface area contributed by atoms with Gasteiger partial charge in [0.15, 0.2) is 11.5 Å². The van der Waals surface area contributed by atoms with Crippen LogP contribution in [0.25, 0.3) is 11.3 Å². The van der Waals surface area contributed by atoms with Gasteiger partial charge >= 0.3 is 0 Å². The Bertz CT molecular complexity index is 651. The smallest absolute Gasteiger partial charge is 0.276 e. The highest BCUT2D eigenvalue weighted by atomic mass is 16.5. The standard InChI is InChI=1S/C15H15N3O3/c19-14-10-18(8-4-7-16-14)15(20)12-9-13(21-17-12)11-5-2-1-3-6-11/h1-3,5-6,9H,4,7-8,10H2,(H,16,19). The van der Waals surface area contributed by atoms with Gasteiger partial charge in [0.05, 0.1) is 6.54 Å². The summed E-state index contributed by atoms with van der Waals surface area (Å²) in [5, 5.41) is 6.56. The number of carbonyl (C=O) groups excluding carboxylic acids is 2. The molecule has 1 aliphatic heterocycles. The number of benzene rings is 1. The van der Waals surface area contributed by atoms with Crippen LogP contribution in [0.5, 0.6) is 0 Å². The molecule has 0 unspecified atom stereocenters. The molecule has 6 heteroatoms. The summed E-state index contributed by atoms with van der Waals surface area (Å²) in [6, 6.07) is 11.1. The Kier molecular flexibility index (Phi) is 3.68. The second-order valence-electron chi connectivity index (χ2n) is 4.87. The summed E-state index contributed by atoms with van der Waals surface area (Å²) in [5.74, 6) is 0.115. The zero-order valence-electron chi connectivity index (χ0n) is 11.4. The number of hydrogen-bond donors (Lipinski definition) is 1. The van der Waals surface area contributed by atoms with E-state index in [4.69, 9.17) is 4.52 Å². The van der Waals surface area contributed by atoms with Crippen LogP contribution in [-0.2, 0) is 4.79 Å². The van der Waals surface area contributed by atoms with Crippen molar-refractivity contribution in [2.45, 2.75) is 6.42 Å². The van der Waals surface area contributed by atoms with Gasteiger partial charge in [-0.15, -0.1) is 0 Å². The molecule has 108 valence electrons. The Morgan fingerprint density at radius 1 is 1.29 bits per heavy atom. The molecule has 2 heterocycles. The van der Waals surface area contributed by atoms with Crippen LogP contribution in [-0.4, -0.2) is 41.5 Å². The molecule has 1 N–H and O–H groups in total. The van der Waals surface area contributed by atoms with Gasteiger partial charge < -0.3 is 14.7 Å². The van der Waals surface area contributed by atoms with E-state index in [1.807, 2.05) is 30.3 Å². The summed E-state index contributed by atoms with van der Waals surface area (Å²) < 4.78 is 5.22. The molecule has 0 atom stereocenters. The topological polar surface area (TPSA) is 75.4 Å². The Balaban J connectivity index is 1.79. The average molecular weight is 285 g/mol. The first-order valence-corrected chi connectivity index (χ1v) is 6.82. The summed E-state index contributed by atoms with van der Waals surface area (Å²) in [5.41, 5.74) is 1.08. The van der Waals surface area contributed by atoms with Crippen molar-refractivity contribution < 1.29 is 14.1 Å². The molecule has 2 amide bonds. The summed E-state index contributed by atoms with van der Waals surface area (Å²) >= 11 is 0. The number of nitrogens with zero attached hydrogens (tertiary/aromatic N) is 2. The molecule has 1 aliphatic rings. The minimum absolute atomic E-state index is 0.0619. The Hall–Kier alpha value is -2.63. The van der Waals surface area contributed by atoms with Crippen molar-refractivity contribution >= 4 is 11.8 Å². The van der Waals surface area contributed by atoms with Crippen molar-refractivity contribution in [2.75, 3.05) is 19.6 Å². The summed E-state index contributed by atoms with van der Waals surface area (Å²) in [6.07, 6.45) is 0.737. The number of carbonyl (C=O) groups is 2. The molecule has 0 bridgehead atoms. The van der Waals surface area contributed by atoms with Gasteiger partial charge in [0, 0.05) is 24.7 Å². The molecule has 0 saturated carbocycles. The minimum Gasteiger partial charge on any atom is -0.355 e. The van der Waals surface area contributed by atoms with Crippen LogP contribution >= 0.6 is 0 Å². The Morgan fingerprint density at radius 2 is 2.10 bits per heavy atom. The molecular weight excluding hydrogens is 270 g/mol.